The lowest BCUT2D eigenvalue weighted by molar-refractivity contribution is -0.0221. The zero-order valence-electron chi connectivity index (χ0n) is 13.7. The molecule has 1 N–H and O–H groups in total. The van der Waals surface area contributed by atoms with Crippen LogP contribution >= 0.6 is 0 Å². The summed E-state index contributed by atoms with van der Waals surface area (Å²) in [6, 6.07) is 0.571. The predicted octanol–water partition coefficient (Wildman–Crippen LogP) is 4.53. The number of nitrogens with one attached hydrogen (secondary N) is 1. The molecular weight excluding hydrogens is 246 g/mol. The molecule has 0 aromatic carbocycles. The highest BCUT2D eigenvalue weighted by Crippen LogP contribution is 2.33. The van der Waals surface area contributed by atoms with E-state index in [4.69, 9.17) is 4.74 Å². The van der Waals surface area contributed by atoms with Crippen LogP contribution in [0.1, 0.15) is 77.6 Å². The summed E-state index contributed by atoms with van der Waals surface area (Å²) in [6.45, 7) is 3.02. The van der Waals surface area contributed by atoms with Gasteiger partial charge in [-0.05, 0) is 45.1 Å². The van der Waals surface area contributed by atoms with Gasteiger partial charge in [-0.3, -0.25) is 0 Å². The Bertz CT molecular complexity index is 244. The first-order valence-corrected chi connectivity index (χ1v) is 9.14. The maximum absolute atomic E-state index is 6.21. The summed E-state index contributed by atoms with van der Waals surface area (Å²) < 4.78 is 6.21. The van der Waals surface area contributed by atoms with E-state index < -0.39 is 0 Å². The molecular formula is C18H35NO. The Morgan fingerprint density at radius 2 is 1.55 bits per heavy atom. The SMILES string of the molecule is CCOC(C1CCCCC1)C(CC1CCCCC1)NC. The fourth-order valence-electron chi connectivity index (χ4n) is 4.43. The van der Waals surface area contributed by atoms with Crippen LogP contribution in [-0.4, -0.2) is 25.8 Å². The topological polar surface area (TPSA) is 21.3 Å². The highest BCUT2D eigenvalue weighted by Gasteiger charge is 2.32. The summed E-state index contributed by atoms with van der Waals surface area (Å²) in [5, 5.41) is 3.61. The van der Waals surface area contributed by atoms with Gasteiger partial charge in [0, 0.05) is 12.6 Å². The van der Waals surface area contributed by atoms with Crippen molar-refractivity contribution in [2.24, 2.45) is 11.8 Å². The average molecular weight is 281 g/mol. The van der Waals surface area contributed by atoms with Crippen LogP contribution in [-0.2, 0) is 4.74 Å². The largest absolute Gasteiger partial charge is 0.377 e. The Kier molecular flexibility index (Phi) is 7.37. The molecule has 2 nitrogen and oxygen atoms in total. The molecule has 118 valence electrons. The molecule has 2 fully saturated rings. The number of rotatable bonds is 7. The van der Waals surface area contributed by atoms with Crippen molar-refractivity contribution in [1.82, 2.24) is 5.32 Å². The van der Waals surface area contributed by atoms with E-state index in [1.54, 1.807) is 0 Å². The van der Waals surface area contributed by atoms with E-state index in [-0.39, 0.29) is 0 Å². The van der Waals surface area contributed by atoms with Crippen molar-refractivity contribution in [3.63, 3.8) is 0 Å². The molecule has 0 heterocycles. The molecule has 2 aliphatic carbocycles. The molecule has 20 heavy (non-hydrogen) atoms. The molecule has 0 amide bonds. The third-order valence-electron chi connectivity index (χ3n) is 5.55. The summed E-state index contributed by atoms with van der Waals surface area (Å²) in [4.78, 5) is 0. The number of likely N-dealkylation sites (N-methyl/N-ethyl adjacent to an activating group) is 1. The minimum Gasteiger partial charge on any atom is -0.377 e. The van der Waals surface area contributed by atoms with Gasteiger partial charge in [-0.15, -0.1) is 0 Å². The van der Waals surface area contributed by atoms with Crippen molar-refractivity contribution < 1.29 is 4.74 Å². The van der Waals surface area contributed by atoms with E-state index in [9.17, 15) is 0 Å². The van der Waals surface area contributed by atoms with Crippen molar-refractivity contribution >= 4 is 0 Å². The first-order chi connectivity index (χ1) is 9.85. The molecule has 0 saturated heterocycles. The second kappa shape index (κ2) is 9.04. The normalized spacial score (nSPS) is 25.5. The van der Waals surface area contributed by atoms with E-state index in [0.29, 0.717) is 12.1 Å². The molecule has 2 atom stereocenters. The third-order valence-corrected chi connectivity index (χ3v) is 5.55. The zero-order valence-corrected chi connectivity index (χ0v) is 13.7. The standard InChI is InChI=1S/C18H35NO/c1-3-20-18(16-12-8-5-9-13-16)17(19-2)14-15-10-6-4-7-11-15/h15-19H,3-14H2,1-2H3. The van der Waals surface area contributed by atoms with Gasteiger partial charge in [0.2, 0.25) is 0 Å². The van der Waals surface area contributed by atoms with Crippen LogP contribution in [0.2, 0.25) is 0 Å². The summed E-state index contributed by atoms with van der Waals surface area (Å²) in [7, 11) is 2.14. The Hall–Kier alpha value is -0.0800. The van der Waals surface area contributed by atoms with E-state index in [0.717, 1.165) is 18.4 Å². The number of ether oxygens (including phenoxy) is 1. The average Bonchev–Trinajstić information content (AvgIpc) is 2.52. The molecule has 0 aromatic rings. The van der Waals surface area contributed by atoms with Gasteiger partial charge in [0.25, 0.3) is 0 Å². The summed E-state index contributed by atoms with van der Waals surface area (Å²) >= 11 is 0. The van der Waals surface area contributed by atoms with E-state index in [1.165, 1.54) is 70.6 Å². The van der Waals surface area contributed by atoms with Crippen LogP contribution in [0.15, 0.2) is 0 Å². The second-order valence-electron chi connectivity index (χ2n) is 6.95. The second-order valence-corrected chi connectivity index (χ2v) is 6.95. The minimum atomic E-state index is 0.451. The highest BCUT2D eigenvalue weighted by atomic mass is 16.5. The van der Waals surface area contributed by atoms with Crippen LogP contribution in [0.5, 0.6) is 0 Å². The molecule has 2 unspecified atom stereocenters. The van der Waals surface area contributed by atoms with Crippen LogP contribution in [0.25, 0.3) is 0 Å². The zero-order chi connectivity index (χ0) is 14.2. The lowest BCUT2D eigenvalue weighted by Crippen LogP contribution is -2.45. The van der Waals surface area contributed by atoms with E-state index in [1.807, 2.05) is 0 Å². The molecule has 2 saturated carbocycles. The molecule has 2 heteroatoms. The summed E-state index contributed by atoms with van der Waals surface area (Å²) in [5.41, 5.74) is 0. The van der Waals surface area contributed by atoms with Crippen LogP contribution in [0.3, 0.4) is 0 Å². The van der Waals surface area contributed by atoms with Crippen LogP contribution in [0.4, 0.5) is 0 Å². The first kappa shape index (κ1) is 16.3. The number of hydrogen-bond acceptors (Lipinski definition) is 2. The molecule has 2 aliphatic rings. The van der Waals surface area contributed by atoms with Crippen molar-refractivity contribution in [1.29, 1.82) is 0 Å². The van der Waals surface area contributed by atoms with Crippen molar-refractivity contribution in [2.75, 3.05) is 13.7 Å². The van der Waals surface area contributed by atoms with Gasteiger partial charge >= 0.3 is 0 Å². The van der Waals surface area contributed by atoms with Gasteiger partial charge in [-0.25, -0.2) is 0 Å². The Morgan fingerprint density at radius 1 is 0.950 bits per heavy atom. The smallest absolute Gasteiger partial charge is 0.0755 e. The van der Waals surface area contributed by atoms with Crippen LogP contribution in [0, 0.1) is 11.8 Å². The maximum atomic E-state index is 6.21. The minimum absolute atomic E-state index is 0.451. The lowest BCUT2D eigenvalue weighted by Gasteiger charge is -2.37. The maximum Gasteiger partial charge on any atom is 0.0755 e. The van der Waals surface area contributed by atoms with Gasteiger partial charge in [-0.2, -0.15) is 0 Å². The molecule has 0 radical (unpaired) electrons. The van der Waals surface area contributed by atoms with Crippen molar-refractivity contribution in [2.45, 2.75) is 89.7 Å². The van der Waals surface area contributed by atoms with Crippen molar-refractivity contribution in [3.05, 3.63) is 0 Å². The lowest BCUT2D eigenvalue weighted by atomic mass is 9.78. The summed E-state index contributed by atoms with van der Waals surface area (Å²) in [6.07, 6.45) is 16.0. The monoisotopic (exact) mass is 281 g/mol. The molecule has 2 rings (SSSR count). The quantitative estimate of drug-likeness (QED) is 0.740. The number of hydrogen-bond donors (Lipinski definition) is 1. The van der Waals surface area contributed by atoms with E-state index >= 15 is 0 Å². The Balaban J connectivity index is 1.92. The van der Waals surface area contributed by atoms with Gasteiger partial charge in [0.15, 0.2) is 0 Å². The van der Waals surface area contributed by atoms with Gasteiger partial charge in [-0.1, -0.05) is 51.4 Å². The Morgan fingerprint density at radius 3 is 2.10 bits per heavy atom. The Labute approximate surface area is 126 Å². The summed E-state index contributed by atoms with van der Waals surface area (Å²) in [5.74, 6) is 1.73. The van der Waals surface area contributed by atoms with Crippen LogP contribution < -0.4 is 5.32 Å². The molecule has 0 aromatic heterocycles. The fraction of sp³-hybridized carbons (Fsp3) is 1.00. The molecule has 0 bridgehead atoms. The third kappa shape index (κ3) is 4.73. The van der Waals surface area contributed by atoms with E-state index in [2.05, 4.69) is 19.3 Å². The molecule has 0 spiro atoms. The predicted molar refractivity (Wildman–Crippen MR) is 86.0 cm³/mol. The molecule has 0 aliphatic heterocycles. The van der Waals surface area contributed by atoms with Gasteiger partial charge < -0.3 is 10.1 Å². The first-order valence-electron chi connectivity index (χ1n) is 9.14. The highest BCUT2D eigenvalue weighted by molar-refractivity contribution is 4.86. The van der Waals surface area contributed by atoms with Crippen molar-refractivity contribution in [3.8, 4) is 0 Å². The van der Waals surface area contributed by atoms with Gasteiger partial charge in [0.05, 0.1) is 6.10 Å². The van der Waals surface area contributed by atoms with Gasteiger partial charge in [0.1, 0.15) is 0 Å². The fourth-order valence-corrected chi connectivity index (χ4v) is 4.43.